The van der Waals surface area contributed by atoms with Gasteiger partial charge in [-0.3, -0.25) is 14.1 Å². The Kier molecular flexibility index (Phi) is 4.66. The molecule has 0 aliphatic carbocycles. The second-order valence-corrected chi connectivity index (χ2v) is 7.26. The van der Waals surface area contributed by atoms with E-state index in [-0.39, 0.29) is 12.2 Å². The van der Waals surface area contributed by atoms with Crippen molar-refractivity contribution in [3.63, 3.8) is 0 Å². The Labute approximate surface area is 104 Å². The van der Waals surface area contributed by atoms with Crippen molar-refractivity contribution >= 4 is 20.9 Å². The van der Waals surface area contributed by atoms with Crippen LogP contribution in [0.2, 0.25) is 0 Å². The Hall–Kier alpha value is -0.750. The molecule has 0 aliphatic rings. The Balaban J connectivity index is 3.28. The number of rotatable bonds is 5. The van der Waals surface area contributed by atoms with Crippen LogP contribution in [0.15, 0.2) is 24.5 Å². The van der Waals surface area contributed by atoms with Crippen LogP contribution in [0.5, 0.6) is 0 Å². The molecule has 0 atom stereocenters. The average molecular weight is 296 g/mol. The van der Waals surface area contributed by atoms with Gasteiger partial charge in [-0.05, 0) is 19.1 Å². The summed E-state index contributed by atoms with van der Waals surface area (Å²) in [5.74, 6) is 0. The van der Waals surface area contributed by atoms with Crippen LogP contribution in [0.1, 0.15) is 6.92 Å². The van der Waals surface area contributed by atoms with Gasteiger partial charge in [0, 0.05) is 24.6 Å². The van der Waals surface area contributed by atoms with Crippen LogP contribution >= 0.6 is 15.2 Å². The number of anilines is 1. The molecular formula is C8H14N2O6P2. The van der Waals surface area contributed by atoms with E-state index in [1.54, 1.807) is 6.92 Å². The summed E-state index contributed by atoms with van der Waals surface area (Å²) >= 11 is 0. The third kappa shape index (κ3) is 3.62. The number of hydrogen-bond acceptors (Lipinski definition) is 4. The minimum atomic E-state index is -4.99. The molecule has 0 saturated carbocycles. The number of hydrogen-bond donors (Lipinski definition) is 4. The molecule has 18 heavy (non-hydrogen) atoms. The summed E-state index contributed by atoms with van der Waals surface area (Å²) in [6, 6.07) is 2.84. The van der Waals surface area contributed by atoms with Gasteiger partial charge < -0.3 is 24.5 Å². The lowest BCUT2D eigenvalue weighted by Crippen LogP contribution is -2.35. The Morgan fingerprint density at radius 3 is 1.94 bits per heavy atom. The quantitative estimate of drug-likeness (QED) is 0.579. The molecule has 1 rings (SSSR count). The fourth-order valence-electron chi connectivity index (χ4n) is 1.57. The number of nitrogens with zero attached hydrogens (tertiary/aromatic N) is 2. The zero-order chi connectivity index (χ0) is 14.0. The lowest BCUT2D eigenvalue weighted by molar-refractivity contribution is 0.336. The van der Waals surface area contributed by atoms with Crippen molar-refractivity contribution in [3.8, 4) is 0 Å². The third-order valence-electron chi connectivity index (χ3n) is 2.22. The molecule has 1 aromatic heterocycles. The predicted octanol–water partition coefficient (Wildman–Crippen LogP) is 0.547. The Morgan fingerprint density at radius 1 is 1.17 bits per heavy atom. The molecule has 0 amide bonds. The van der Waals surface area contributed by atoms with E-state index in [1.165, 1.54) is 24.5 Å². The molecule has 0 fully saturated rings. The zero-order valence-electron chi connectivity index (χ0n) is 9.49. The Bertz CT molecular complexity index is 462. The van der Waals surface area contributed by atoms with Crippen molar-refractivity contribution in [3.05, 3.63) is 24.5 Å². The molecule has 0 spiro atoms. The summed E-state index contributed by atoms with van der Waals surface area (Å²) in [4.78, 5) is 41.3. The normalized spacial score (nSPS) is 12.8. The molecule has 0 aromatic carbocycles. The first-order chi connectivity index (χ1) is 8.18. The second kappa shape index (κ2) is 5.48. The van der Waals surface area contributed by atoms with Crippen molar-refractivity contribution in [2.75, 3.05) is 11.4 Å². The summed E-state index contributed by atoms with van der Waals surface area (Å²) in [5, 5.41) is 0. The van der Waals surface area contributed by atoms with Gasteiger partial charge in [0.05, 0.1) is 0 Å². The highest BCUT2D eigenvalue weighted by Crippen LogP contribution is 2.61. The molecule has 0 radical (unpaired) electrons. The maximum absolute atomic E-state index is 11.3. The zero-order valence-corrected chi connectivity index (χ0v) is 11.3. The lowest BCUT2D eigenvalue weighted by Gasteiger charge is -2.32. The van der Waals surface area contributed by atoms with E-state index in [0.717, 1.165) is 4.90 Å². The number of pyridine rings is 1. The molecule has 10 heteroatoms. The van der Waals surface area contributed by atoms with Gasteiger partial charge in [0.1, 0.15) is 0 Å². The summed E-state index contributed by atoms with van der Waals surface area (Å²) in [6.07, 6.45) is 2.74. The van der Waals surface area contributed by atoms with E-state index in [2.05, 4.69) is 4.98 Å². The fraction of sp³-hybridized carbons (Fsp3) is 0.375. The van der Waals surface area contributed by atoms with Crippen molar-refractivity contribution in [1.82, 2.24) is 4.98 Å². The fourth-order valence-corrected chi connectivity index (χ4v) is 4.46. The molecule has 0 aliphatic heterocycles. The molecular weight excluding hydrogens is 282 g/mol. The van der Waals surface area contributed by atoms with Crippen LogP contribution in [0.3, 0.4) is 0 Å². The minimum Gasteiger partial charge on any atom is -0.348 e. The highest BCUT2D eigenvalue weighted by atomic mass is 31.2. The van der Waals surface area contributed by atoms with E-state index < -0.39 is 20.7 Å². The first-order valence-corrected chi connectivity index (χ1v) is 8.31. The molecule has 1 heterocycles. The largest absolute Gasteiger partial charge is 0.360 e. The third-order valence-corrected chi connectivity index (χ3v) is 5.78. The van der Waals surface area contributed by atoms with Crippen LogP contribution in [-0.4, -0.2) is 36.6 Å². The lowest BCUT2D eigenvalue weighted by atomic mass is 10.4. The highest BCUT2D eigenvalue weighted by Gasteiger charge is 2.47. The van der Waals surface area contributed by atoms with Crippen LogP contribution in [-0.2, 0) is 9.13 Å². The summed E-state index contributed by atoms with van der Waals surface area (Å²) in [7, 11) is -9.99. The Morgan fingerprint density at radius 2 is 1.61 bits per heavy atom. The second-order valence-electron chi connectivity index (χ2n) is 3.52. The topological polar surface area (TPSA) is 131 Å². The summed E-state index contributed by atoms with van der Waals surface area (Å²) < 4.78 is 22.6. The van der Waals surface area contributed by atoms with Gasteiger partial charge in [0.25, 0.3) is 0 Å². The summed E-state index contributed by atoms with van der Waals surface area (Å²) in [5.41, 5.74) is -1.90. The number of aromatic nitrogens is 1. The van der Waals surface area contributed by atoms with Gasteiger partial charge in [-0.15, -0.1) is 0 Å². The molecule has 0 bridgehead atoms. The smallest absolute Gasteiger partial charge is 0.348 e. The molecule has 1 aromatic rings. The molecule has 0 saturated heterocycles. The van der Waals surface area contributed by atoms with Crippen molar-refractivity contribution in [1.29, 1.82) is 0 Å². The van der Waals surface area contributed by atoms with Crippen molar-refractivity contribution in [2.45, 2.75) is 12.4 Å². The van der Waals surface area contributed by atoms with Gasteiger partial charge in [-0.25, -0.2) is 0 Å². The van der Waals surface area contributed by atoms with Gasteiger partial charge >= 0.3 is 15.2 Å². The molecule has 4 N–H and O–H groups in total. The predicted molar refractivity (Wildman–Crippen MR) is 65.1 cm³/mol. The van der Waals surface area contributed by atoms with E-state index in [4.69, 9.17) is 19.6 Å². The monoisotopic (exact) mass is 296 g/mol. The van der Waals surface area contributed by atoms with Gasteiger partial charge in [-0.1, -0.05) is 0 Å². The first kappa shape index (κ1) is 15.3. The maximum atomic E-state index is 11.3. The van der Waals surface area contributed by atoms with Crippen molar-refractivity contribution < 1.29 is 28.7 Å². The molecule has 0 unspecified atom stereocenters. The first-order valence-electron chi connectivity index (χ1n) is 4.95. The van der Waals surface area contributed by atoms with Gasteiger partial charge in [-0.2, -0.15) is 0 Å². The van der Waals surface area contributed by atoms with Gasteiger partial charge in [0.2, 0.25) is 5.52 Å². The highest BCUT2D eigenvalue weighted by molar-refractivity contribution is 7.71. The van der Waals surface area contributed by atoms with Crippen LogP contribution in [0.4, 0.5) is 5.69 Å². The average Bonchev–Trinajstić information content (AvgIpc) is 2.23. The van der Waals surface area contributed by atoms with Crippen LogP contribution in [0.25, 0.3) is 0 Å². The van der Waals surface area contributed by atoms with E-state index in [1.807, 2.05) is 0 Å². The van der Waals surface area contributed by atoms with Crippen molar-refractivity contribution in [2.24, 2.45) is 0 Å². The molecule has 8 nitrogen and oxygen atoms in total. The SMILES string of the molecule is CCN(c1ccncc1)C(P(=O)(O)O)P(=O)(O)O. The van der Waals surface area contributed by atoms with Crippen LogP contribution in [0, 0.1) is 0 Å². The van der Waals surface area contributed by atoms with E-state index in [0.29, 0.717) is 0 Å². The molecule has 102 valence electrons. The standard InChI is InChI=1S/C8H14N2O6P2/c1-2-10(7-3-5-9-6-4-7)8(17(11,12)13)18(14,15)16/h3-6,8H,2H2,1H3,(H2,11,12,13)(H2,14,15,16). The summed E-state index contributed by atoms with van der Waals surface area (Å²) in [6.45, 7) is 1.57. The maximum Gasteiger partial charge on any atom is 0.360 e. The van der Waals surface area contributed by atoms with Gasteiger partial charge in [0.15, 0.2) is 0 Å². The van der Waals surface area contributed by atoms with E-state index >= 15 is 0 Å². The van der Waals surface area contributed by atoms with E-state index in [9.17, 15) is 9.13 Å². The van der Waals surface area contributed by atoms with Crippen LogP contribution < -0.4 is 4.90 Å². The minimum absolute atomic E-state index is 0.0326.